The molecular weight excluding hydrogens is 288 g/mol. The Kier molecular flexibility index (Phi) is 4.02. The van der Waals surface area contributed by atoms with Gasteiger partial charge in [0.25, 0.3) is 5.91 Å². The maximum atomic E-state index is 12.5. The van der Waals surface area contributed by atoms with Crippen molar-refractivity contribution >= 4 is 23.0 Å². The van der Waals surface area contributed by atoms with E-state index in [-0.39, 0.29) is 5.91 Å². The number of hydrogen-bond donors (Lipinski definition) is 0. The number of carbonyl (C=O) groups excluding carboxylic acids is 1. The van der Waals surface area contributed by atoms with Crippen LogP contribution >= 0.6 is 0 Å². The fraction of sp³-hybridized carbons (Fsp3) is 0.222. The van der Waals surface area contributed by atoms with Gasteiger partial charge in [0.05, 0.1) is 17.1 Å². The first kappa shape index (κ1) is 15.1. The van der Waals surface area contributed by atoms with Crippen molar-refractivity contribution in [2.45, 2.75) is 26.8 Å². The lowest BCUT2D eigenvalue weighted by atomic mass is 10.1. The summed E-state index contributed by atoms with van der Waals surface area (Å²) in [6.07, 6.45) is 0. The Morgan fingerprint density at radius 3 is 2.48 bits per heavy atom. The summed E-state index contributed by atoms with van der Waals surface area (Å²) < 4.78 is 0. The van der Waals surface area contributed by atoms with Gasteiger partial charge in [0, 0.05) is 0 Å². The molecule has 0 aromatic heterocycles. The second-order valence-electron chi connectivity index (χ2n) is 5.63. The third-order valence-corrected chi connectivity index (χ3v) is 3.73. The highest BCUT2D eigenvalue weighted by Gasteiger charge is 2.34. The van der Waals surface area contributed by atoms with E-state index in [4.69, 9.17) is 0 Å². The van der Waals surface area contributed by atoms with Gasteiger partial charge in [0.2, 0.25) is 0 Å². The SMILES string of the molecule is CC1=NN(c2ccccc2)C(=O)[C@@H]1N=Nc1ccc(C)cc1C. The molecule has 0 saturated heterocycles. The van der Waals surface area contributed by atoms with Gasteiger partial charge in [-0.25, -0.2) is 0 Å². The fourth-order valence-electron chi connectivity index (χ4n) is 2.48. The van der Waals surface area contributed by atoms with Crippen LogP contribution < -0.4 is 5.01 Å². The largest absolute Gasteiger partial charge is 0.280 e. The Bertz CT molecular complexity index is 796. The van der Waals surface area contributed by atoms with Crippen LogP contribution in [0, 0.1) is 13.8 Å². The van der Waals surface area contributed by atoms with E-state index in [1.165, 1.54) is 10.6 Å². The Morgan fingerprint density at radius 1 is 1.04 bits per heavy atom. The molecule has 5 heteroatoms. The maximum Gasteiger partial charge on any atom is 0.280 e. The number of rotatable bonds is 3. The minimum Gasteiger partial charge on any atom is -0.269 e. The van der Waals surface area contributed by atoms with Crippen molar-refractivity contribution in [2.75, 3.05) is 5.01 Å². The second kappa shape index (κ2) is 6.12. The minimum atomic E-state index is -0.657. The molecule has 3 rings (SSSR count). The Morgan fingerprint density at radius 2 is 1.78 bits per heavy atom. The highest BCUT2D eigenvalue weighted by Crippen LogP contribution is 2.24. The van der Waals surface area contributed by atoms with Gasteiger partial charge in [-0.15, -0.1) is 0 Å². The highest BCUT2D eigenvalue weighted by molar-refractivity contribution is 6.18. The van der Waals surface area contributed by atoms with E-state index in [9.17, 15) is 4.79 Å². The number of para-hydroxylation sites is 1. The zero-order valence-electron chi connectivity index (χ0n) is 13.4. The molecule has 0 bridgehead atoms. The van der Waals surface area contributed by atoms with E-state index in [0.717, 1.165) is 16.9 Å². The van der Waals surface area contributed by atoms with Crippen LogP contribution in [0.2, 0.25) is 0 Å². The molecule has 1 atom stereocenters. The molecule has 1 aliphatic rings. The van der Waals surface area contributed by atoms with Crippen LogP contribution in [0.3, 0.4) is 0 Å². The molecule has 0 unspecified atom stereocenters. The van der Waals surface area contributed by atoms with Gasteiger partial charge in [-0.1, -0.05) is 35.9 Å². The molecule has 2 aromatic carbocycles. The normalized spacial score (nSPS) is 17.9. The predicted octanol–water partition coefficient (Wildman–Crippen LogP) is 4.18. The highest BCUT2D eigenvalue weighted by atomic mass is 16.2. The van der Waals surface area contributed by atoms with E-state index in [1.807, 2.05) is 62.4 Å². The van der Waals surface area contributed by atoms with E-state index in [1.54, 1.807) is 6.92 Å². The zero-order valence-corrected chi connectivity index (χ0v) is 13.4. The minimum absolute atomic E-state index is 0.179. The standard InChI is InChI=1S/C18H18N4O/c1-12-9-10-16(13(2)11-12)19-20-17-14(3)21-22(18(17)23)15-7-5-4-6-8-15/h4-11,17H,1-3H3/t17-/m1/s1. The molecule has 0 spiro atoms. The molecule has 0 N–H and O–H groups in total. The summed E-state index contributed by atoms with van der Waals surface area (Å²) in [7, 11) is 0. The lowest BCUT2D eigenvalue weighted by Gasteiger charge is -2.11. The number of amides is 1. The number of azo groups is 1. The van der Waals surface area contributed by atoms with Gasteiger partial charge in [-0.2, -0.15) is 20.3 Å². The number of nitrogens with zero attached hydrogens (tertiary/aromatic N) is 4. The molecule has 116 valence electrons. The third-order valence-electron chi connectivity index (χ3n) is 3.73. The summed E-state index contributed by atoms with van der Waals surface area (Å²) >= 11 is 0. The van der Waals surface area contributed by atoms with Crippen molar-refractivity contribution in [2.24, 2.45) is 15.3 Å². The van der Waals surface area contributed by atoms with Gasteiger partial charge >= 0.3 is 0 Å². The first-order chi connectivity index (χ1) is 11.1. The lowest BCUT2D eigenvalue weighted by Crippen LogP contribution is -2.29. The number of hydrogen-bond acceptors (Lipinski definition) is 4. The molecule has 2 aromatic rings. The quantitative estimate of drug-likeness (QED) is 0.785. The van der Waals surface area contributed by atoms with Crippen LogP contribution in [-0.2, 0) is 4.79 Å². The Labute approximate surface area is 135 Å². The number of hydrazone groups is 1. The summed E-state index contributed by atoms with van der Waals surface area (Å²) in [5.41, 5.74) is 4.36. The number of anilines is 1. The van der Waals surface area contributed by atoms with Crippen molar-refractivity contribution < 1.29 is 4.79 Å². The van der Waals surface area contributed by atoms with Crippen LogP contribution in [-0.4, -0.2) is 17.7 Å². The monoisotopic (exact) mass is 306 g/mol. The Balaban J connectivity index is 1.83. The van der Waals surface area contributed by atoms with E-state index in [2.05, 4.69) is 15.3 Å². The van der Waals surface area contributed by atoms with Crippen LogP contribution in [0.4, 0.5) is 11.4 Å². The number of benzene rings is 2. The third kappa shape index (κ3) is 3.04. The molecule has 1 amide bonds. The van der Waals surface area contributed by atoms with Gasteiger partial charge in [-0.3, -0.25) is 4.79 Å². The van der Waals surface area contributed by atoms with Gasteiger partial charge < -0.3 is 0 Å². The van der Waals surface area contributed by atoms with Crippen molar-refractivity contribution in [1.29, 1.82) is 0 Å². The van der Waals surface area contributed by atoms with Gasteiger partial charge in [0.1, 0.15) is 0 Å². The molecule has 5 nitrogen and oxygen atoms in total. The van der Waals surface area contributed by atoms with E-state index >= 15 is 0 Å². The van der Waals surface area contributed by atoms with Crippen molar-refractivity contribution in [3.8, 4) is 0 Å². The molecule has 0 saturated carbocycles. The first-order valence-corrected chi connectivity index (χ1v) is 7.48. The van der Waals surface area contributed by atoms with E-state index < -0.39 is 6.04 Å². The molecule has 0 radical (unpaired) electrons. The second-order valence-corrected chi connectivity index (χ2v) is 5.63. The van der Waals surface area contributed by atoms with E-state index in [0.29, 0.717) is 5.71 Å². The average Bonchev–Trinajstić information content (AvgIpc) is 2.82. The van der Waals surface area contributed by atoms with Crippen molar-refractivity contribution in [1.82, 2.24) is 0 Å². The summed E-state index contributed by atoms with van der Waals surface area (Å²) in [6, 6.07) is 14.6. The summed E-state index contributed by atoms with van der Waals surface area (Å²) in [5, 5.41) is 14.2. The summed E-state index contributed by atoms with van der Waals surface area (Å²) in [5.74, 6) is -0.179. The molecule has 1 heterocycles. The molecule has 0 fully saturated rings. The fourth-order valence-corrected chi connectivity index (χ4v) is 2.48. The Hall–Kier alpha value is -2.82. The molecule has 23 heavy (non-hydrogen) atoms. The topological polar surface area (TPSA) is 57.4 Å². The smallest absolute Gasteiger partial charge is 0.269 e. The summed E-state index contributed by atoms with van der Waals surface area (Å²) in [4.78, 5) is 12.5. The van der Waals surface area contributed by atoms with Crippen LogP contribution in [0.5, 0.6) is 0 Å². The maximum absolute atomic E-state index is 12.5. The molecular formula is C18H18N4O. The van der Waals surface area contributed by atoms with Crippen molar-refractivity contribution in [3.05, 3.63) is 59.7 Å². The van der Waals surface area contributed by atoms with Crippen LogP contribution in [0.1, 0.15) is 18.1 Å². The van der Waals surface area contributed by atoms with Crippen LogP contribution in [0.15, 0.2) is 63.9 Å². The predicted molar refractivity (Wildman–Crippen MR) is 91.3 cm³/mol. The lowest BCUT2D eigenvalue weighted by molar-refractivity contribution is -0.117. The van der Waals surface area contributed by atoms with Crippen molar-refractivity contribution in [3.63, 3.8) is 0 Å². The zero-order chi connectivity index (χ0) is 16.4. The average molecular weight is 306 g/mol. The first-order valence-electron chi connectivity index (χ1n) is 7.48. The summed E-state index contributed by atoms with van der Waals surface area (Å²) in [6.45, 7) is 5.81. The number of carbonyl (C=O) groups is 1. The van der Waals surface area contributed by atoms with Gasteiger partial charge in [0.15, 0.2) is 6.04 Å². The van der Waals surface area contributed by atoms with Crippen LogP contribution in [0.25, 0.3) is 0 Å². The number of aryl methyl sites for hydroxylation is 2. The molecule has 1 aliphatic heterocycles. The van der Waals surface area contributed by atoms with Gasteiger partial charge in [-0.05, 0) is 44.5 Å². The molecule has 0 aliphatic carbocycles.